The van der Waals surface area contributed by atoms with Crippen LogP contribution in [0.1, 0.15) is 37.6 Å². The van der Waals surface area contributed by atoms with Gasteiger partial charge in [-0.3, -0.25) is 4.79 Å². The van der Waals surface area contributed by atoms with Gasteiger partial charge >= 0.3 is 0 Å². The summed E-state index contributed by atoms with van der Waals surface area (Å²) < 4.78 is 13.4. The van der Waals surface area contributed by atoms with Crippen LogP contribution < -0.4 is 0 Å². The Morgan fingerprint density at radius 1 is 1.33 bits per heavy atom. The molecule has 0 atom stereocenters. The predicted octanol–water partition coefficient (Wildman–Crippen LogP) is 3.38. The Kier molecular flexibility index (Phi) is 5.99. The van der Waals surface area contributed by atoms with Crippen molar-refractivity contribution in [2.45, 2.75) is 27.2 Å². The van der Waals surface area contributed by atoms with Gasteiger partial charge in [0.25, 0.3) is 0 Å². The normalized spacial score (nSPS) is 11.2. The molecule has 1 rings (SSSR count). The minimum Gasteiger partial charge on any atom is -0.303 e. The van der Waals surface area contributed by atoms with Crippen molar-refractivity contribution in [2.24, 2.45) is 5.92 Å². The van der Waals surface area contributed by atoms with Crippen LogP contribution in [0.4, 0.5) is 4.39 Å². The second-order valence-electron chi connectivity index (χ2n) is 4.94. The third-order valence-electron chi connectivity index (χ3n) is 2.90. The standard InChI is InChI=1S/C15H22FNO/c1-4-17(11-12(2)3)10-9-15(18)13-7-5-6-8-14(13)16/h5-8,12H,4,9-11H2,1-3H3. The van der Waals surface area contributed by atoms with Crippen molar-refractivity contribution in [3.63, 3.8) is 0 Å². The SMILES string of the molecule is CCN(CCC(=O)c1ccccc1F)CC(C)C. The number of rotatable bonds is 7. The van der Waals surface area contributed by atoms with Crippen LogP contribution in [-0.2, 0) is 0 Å². The number of nitrogens with zero attached hydrogens (tertiary/aromatic N) is 1. The lowest BCUT2D eigenvalue weighted by atomic mass is 10.1. The van der Waals surface area contributed by atoms with Crippen LogP contribution in [0.2, 0.25) is 0 Å². The van der Waals surface area contributed by atoms with E-state index in [9.17, 15) is 9.18 Å². The molecule has 0 amide bonds. The van der Waals surface area contributed by atoms with Crippen molar-refractivity contribution in [1.82, 2.24) is 4.90 Å². The first-order valence-corrected chi connectivity index (χ1v) is 6.54. The minimum atomic E-state index is -0.422. The van der Waals surface area contributed by atoms with Gasteiger partial charge in [0.05, 0.1) is 5.56 Å². The Bertz CT molecular complexity index is 390. The number of hydrogen-bond acceptors (Lipinski definition) is 2. The van der Waals surface area contributed by atoms with E-state index in [1.54, 1.807) is 18.2 Å². The van der Waals surface area contributed by atoms with Gasteiger partial charge in [-0.25, -0.2) is 4.39 Å². The van der Waals surface area contributed by atoms with Crippen LogP contribution in [0, 0.1) is 11.7 Å². The van der Waals surface area contributed by atoms with Crippen LogP contribution in [0.25, 0.3) is 0 Å². The van der Waals surface area contributed by atoms with Gasteiger partial charge in [0.1, 0.15) is 5.82 Å². The van der Waals surface area contributed by atoms with Crippen molar-refractivity contribution in [2.75, 3.05) is 19.6 Å². The molecule has 0 heterocycles. The molecule has 0 N–H and O–H groups in total. The lowest BCUT2D eigenvalue weighted by Gasteiger charge is -2.22. The zero-order valence-corrected chi connectivity index (χ0v) is 11.4. The first-order valence-electron chi connectivity index (χ1n) is 6.54. The Hall–Kier alpha value is -1.22. The fourth-order valence-electron chi connectivity index (χ4n) is 1.98. The molecule has 1 aromatic carbocycles. The van der Waals surface area contributed by atoms with Crippen LogP contribution in [0.15, 0.2) is 24.3 Å². The predicted molar refractivity (Wildman–Crippen MR) is 72.3 cm³/mol. The van der Waals surface area contributed by atoms with Gasteiger partial charge in [-0.15, -0.1) is 0 Å². The molecule has 2 nitrogen and oxygen atoms in total. The molecule has 0 radical (unpaired) electrons. The molecule has 0 saturated carbocycles. The molecule has 0 bridgehead atoms. The van der Waals surface area contributed by atoms with E-state index in [4.69, 9.17) is 0 Å². The molecule has 0 unspecified atom stereocenters. The van der Waals surface area contributed by atoms with Crippen molar-refractivity contribution in [3.05, 3.63) is 35.6 Å². The highest BCUT2D eigenvalue weighted by atomic mass is 19.1. The fourth-order valence-corrected chi connectivity index (χ4v) is 1.98. The number of ketones is 1. The van der Waals surface area contributed by atoms with Gasteiger partial charge in [0.2, 0.25) is 0 Å². The van der Waals surface area contributed by atoms with Crippen molar-refractivity contribution in [3.8, 4) is 0 Å². The molecular weight excluding hydrogens is 229 g/mol. The van der Waals surface area contributed by atoms with Crippen molar-refractivity contribution < 1.29 is 9.18 Å². The summed E-state index contributed by atoms with van der Waals surface area (Å²) >= 11 is 0. The smallest absolute Gasteiger partial charge is 0.167 e. The Labute approximate surface area is 109 Å². The second-order valence-corrected chi connectivity index (χ2v) is 4.94. The largest absolute Gasteiger partial charge is 0.303 e. The minimum absolute atomic E-state index is 0.115. The number of benzene rings is 1. The first-order chi connectivity index (χ1) is 8.54. The third kappa shape index (κ3) is 4.57. The number of halogens is 1. The van der Waals surface area contributed by atoms with Gasteiger partial charge in [0, 0.05) is 19.5 Å². The van der Waals surface area contributed by atoms with E-state index in [1.165, 1.54) is 6.07 Å². The average Bonchev–Trinajstić information content (AvgIpc) is 2.34. The zero-order valence-electron chi connectivity index (χ0n) is 11.4. The number of carbonyl (C=O) groups is 1. The highest BCUT2D eigenvalue weighted by molar-refractivity contribution is 5.96. The van der Waals surface area contributed by atoms with Crippen molar-refractivity contribution >= 4 is 5.78 Å². The zero-order chi connectivity index (χ0) is 13.5. The van der Waals surface area contributed by atoms with Gasteiger partial charge in [0.15, 0.2) is 5.78 Å². The Balaban J connectivity index is 2.53. The van der Waals surface area contributed by atoms with E-state index >= 15 is 0 Å². The second kappa shape index (κ2) is 7.27. The van der Waals surface area contributed by atoms with Gasteiger partial charge < -0.3 is 4.90 Å². The summed E-state index contributed by atoms with van der Waals surface area (Å²) in [6.07, 6.45) is 0.376. The summed E-state index contributed by atoms with van der Waals surface area (Å²) in [6.45, 7) is 8.98. The molecular formula is C15H22FNO. The maximum absolute atomic E-state index is 13.4. The van der Waals surface area contributed by atoms with E-state index < -0.39 is 5.82 Å². The van der Waals surface area contributed by atoms with E-state index in [-0.39, 0.29) is 11.3 Å². The first kappa shape index (κ1) is 14.8. The summed E-state index contributed by atoms with van der Waals surface area (Å²) in [7, 11) is 0. The monoisotopic (exact) mass is 251 g/mol. The lowest BCUT2D eigenvalue weighted by molar-refractivity contribution is 0.0958. The number of hydrogen-bond donors (Lipinski definition) is 0. The highest BCUT2D eigenvalue weighted by Gasteiger charge is 2.13. The summed E-state index contributed by atoms with van der Waals surface area (Å²) in [5.41, 5.74) is 0.207. The molecule has 0 aliphatic heterocycles. The fraction of sp³-hybridized carbons (Fsp3) is 0.533. The molecule has 0 aliphatic rings. The molecule has 0 aromatic heterocycles. The van der Waals surface area contributed by atoms with Crippen LogP contribution in [0.3, 0.4) is 0 Å². The van der Waals surface area contributed by atoms with Crippen LogP contribution in [0.5, 0.6) is 0 Å². The quantitative estimate of drug-likeness (QED) is 0.692. The van der Waals surface area contributed by atoms with Gasteiger partial charge in [-0.1, -0.05) is 32.9 Å². The van der Waals surface area contributed by atoms with Gasteiger partial charge in [-0.2, -0.15) is 0 Å². The Morgan fingerprint density at radius 3 is 2.56 bits per heavy atom. The van der Waals surface area contributed by atoms with E-state index in [1.807, 2.05) is 0 Å². The molecule has 0 aliphatic carbocycles. The van der Waals surface area contributed by atoms with Crippen LogP contribution >= 0.6 is 0 Å². The topological polar surface area (TPSA) is 20.3 Å². The summed E-state index contributed by atoms with van der Waals surface area (Å²) in [5, 5.41) is 0. The summed E-state index contributed by atoms with van der Waals surface area (Å²) in [6, 6.07) is 6.18. The van der Waals surface area contributed by atoms with Crippen LogP contribution in [-0.4, -0.2) is 30.3 Å². The lowest BCUT2D eigenvalue weighted by Crippen LogP contribution is -2.30. The highest BCUT2D eigenvalue weighted by Crippen LogP contribution is 2.10. The molecule has 18 heavy (non-hydrogen) atoms. The van der Waals surface area contributed by atoms with Gasteiger partial charge in [-0.05, 0) is 24.6 Å². The van der Waals surface area contributed by atoms with E-state index in [2.05, 4.69) is 25.7 Å². The molecule has 0 spiro atoms. The summed E-state index contributed by atoms with van der Waals surface area (Å²) in [5.74, 6) is 0.0400. The molecule has 1 aromatic rings. The summed E-state index contributed by atoms with van der Waals surface area (Å²) in [4.78, 5) is 14.1. The maximum atomic E-state index is 13.4. The average molecular weight is 251 g/mol. The number of Topliss-reactive ketones (excluding diaryl/α,β-unsaturated/α-hetero) is 1. The maximum Gasteiger partial charge on any atom is 0.167 e. The Morgan fingerprint density at radius 2 is 2.00 bits per heavy atom. The van der Waals surface area contributed by atoms with E-state index in [0.717, 1.165) is 13.1 Å². The molecule has 0 fully saturated rings. The molecule has 3 heteroatoms. The number of carbonyl (C=O) groups excluding carboxylic acids is 1. The van der Waals surface area contributed by atoms with Crippen molar-refractivity contribution in [1.29, 1.82) is 0 Å². The molecule has 100 valence electrons. The molecule has 0 saturated heterocycles. The third-order valence-corrected chi connectivity index (χ3v) is 2.90. The van der Waals surface area contributed by atoms with E-state index in [0.29, 0.717) is 18.9 Å².